The van der Waals surface area contributed by atoms with Crippen molar-refractivity contribution in [1.82, 2.24) is 16.0 Å². The first-order valence-electron chi connectivity index (χ1n) is 9.82. The van der Waals surface area contributed by atoms with Gasteiger partial charge in [0.25, 0.3) is 5.91 Å². The highest BCUT2D eigenvalue weighted by Gasteiger charge is 2.16. The normalized spacial score (nSPS) is 16.5. The first kappa shape index (κ1) is 21.1. The maximum absolute atomic E-state index is 12.4. The summed E-state index contributed by atoms with van der Waals surface area (Å²) in [4.78, 5) is 16.6. The van der Waals surface area contributed by atoms with Gasteiger partial charge in [0, 0.05) is 43.9 Å². The summed E-state index contributed by atoms with van der Waals surface area (Å²) in [6, 6.07) is 15.3. The number of rotatable bonds is 7. The predicted molar refractivity (Wildman–Crippen MR) is 116 cm³/mol. The molecule has 1 atom stereocenters. The number of nitrogens with zero attached hydrogens (tertiary/aromatic N) is 1. The molecule has 3 N–H and O–H groups in total. The van der Waals surface area contributed by atoms with Crippen LogP contribution in [0.25, 0.3) is 0 Å². The summed E-state index contributed by atoms with van der Waals surface area (Å²) in [7, 11) is 1.72. The Bertz CT molecular complexity index is 850. The molecule has 29 heavy (non-hydrogen) atoms. The highest BCUT2D eigenvalue weighted by atomic mass is 35.5. The number of benzene rings is 2. The van der Waals surface area contributed by atoms with Crippen molar-refractivity contribution in [2.45, 2.75) is 32.0 Å². The molecule has 3 rings (SSSR count). The zero-order valence-electron chi connectivity index (χ0n) is 16.6. The molecular weight excluding hydrogens is 388 g/mol. The Morgan fingerprint density at radius 3 is 2.72 bits per heavy atom. The Kier molecular flexibility index (Phi) is 7.90. The van der Waals surface area contributed by atoms with Crippen molar-refractivity contribution >= 4 is 23.5 Å². The van der Waals surface area contributed by atoms with Gasteiger partial charge in [0.15, 0.2) is 5.96 Å². The molecule has 7 heteroatoms. The third kappa shape index (κ3) is 6.48. The van der Waals surface area contributed by atoms with Crippen LogP contribution in [-0.4, -0.2) is 38.2 Å². The van der Waals surface area contributed by atoms with Gasteiger partial charge in [0.1, 0.15) is 0 Å². The number of hydrogen-bond donors (Lipinski definition) is 3. The molecule has 0 aromatic heterocycles. The Hall–Kier alpha value is -2.57. The van der Waals surface area contributed by atoms with Gasteiger partial charge >= 0.3 is 0 Å². The van der Waals surface area contributed by atoms with Crippen LogP contribution in [0, 0.1) is 0 Å². The second-order valence-corrected chi connectivity index (χ2v) is 7.32. The van der Waals surface area contributed by atoms with Crippen molar-refractivity contribution in [2.75, 3.05) is 20.2 Å². The summed E-state index contributed by atoms with van der Waals surface area (Å²) >= 11 is 6.19. The van der Waals surface area contributed by atoms with Crippen LogP contribution in [0.15, 0.2) is 53.5 Å². The SMILES string of the molecule is CN=C(NCc1cccc(C(=O)NCC2CCCO2)c1)NCc1ccccc1Cl. The van der Waals surface area contributed by atoms with Crippen LogP contribution in [0.5, 0.6) is 0 Å². The number of hydrogen-bond acceptors (Lipinski definition) is 3. The zero-order chi connectivity index (χ0) is 20.5. The smallest absolute Gasteiger partial charge is 0.251 e. The van der Waals surface area contributed by atoms with Crippen LogP contribution in [0.4, 0.5) is 0 Å². The molecule has 6 nitrogen and oxygen atoms in total. The van der Waals surface area contributed by atoms with E-state index in [4.69, 9.17) is 16.3 Å². The highest BCUT2D eigenvalue weighted by molar-refractivity contribution is 6.31. The van der Waals surface area contributed by atoms with Gasteiger partial charge in [-0.15, -0.1) is 0 Å². The largest absolute Gasteiger partial charge is 0.376 e. The topological polar surface area (TPSA) is 74.8 Å². The summed E-state index contributed by atoms with van der Waals surface area (Å²) in [5, 5.41) is 10.2. The van der Waals surface area contributed by atoms with Crippen LogP contribution in [0.3, 0.4) is 0 Å². The number of carbonyl (C=O) groups excluding carboxylic acids is 1. The number of guanidine groups is 1. The maximum atomic E-state index is 12.4. The second-order valence-electron chi connectivity index (χ2n) is 6.92. The third-order valence-corrected chi connectivity index (χ3v) is 5.16. The summed E-state index contributed by atoms with van der Waals surface area (Å²) in [5.41, 5.74) is 2.64. The van der Waals surface area contributed by atoms with Gasteiger partial charge in [0.2, 0.25) is 0 Å². The average molecular weight is 415 g/mol. The molecule has 0 spiro atoms. The molecule has 2 aromatic carbocycles. The lowest BCUT2D eigenvalue weighted by molar-refractivity contribution is 0.0857. The summed E-state index contributed by atoms with van der Waals surface area (Å²) < 4.78 is 5.55. The van der Waals surface area contributed by atoms with E-state index >= 15 is 0 Å². The lowest BCUT2D eigenvalue weighted by Gasteiger charge is -2.14. The van der Waals surface area contributed by atoms with Crippen molar-refractivity contribution in [3.63, 3.8) is 0 Å². The molecule has 0 radical (unpaired) electrons. The monoisotopic (exact) mass is 414 g/mol. The second kappa shape index (κ2) is 10.8. The first-order valence-corrected chi connectivity index (χ1v) is 10.2. The van der Waals surface area contributed by atoms with E-state index in [0.717, 1.165) is 35.6 Å². The van der Waals surface area contributed by atoms with Crippen LogP contribution >= 0.6 is 11.6 Å². The number of ether oxygens (including phenoxy) is 1. The fourth-order valence-corrected chi connectivity index (χ4v) is 3.37. The van der Waals surface area contributed by atoms with Crippen LogP contribution < -0.4 is 16.0 Å². The average Bonchev–Trinajstić information content (AvgIpc) is 3.27. The third-order valence-electron chi connectivity index (χ3n) is 4.79. The lowest BCUT2D eigenvalue weighted by atomic mass is 10.1. The number of halogens is 1. The number of nitrogens with one attached hydrogen (secondary N) is 3. The van der Waals surface area contributed by atoms with Gasteiger partial charge in [0.05, 0.1) is 6.10 Å². The Morgan fingerprint density at radius 1 is 1.14 bits per heavy atom. The molecule has 0 bridgehead atoms. The molecule has 0 aliphatic carbocycles. The van der Waals surface area contributed by atoms with E-state index in [1.807, 2.05) is 48.5 Å². The zero-order valence-corrected chi connectivity index (χ0v) is 17.3. The van der Waals surface area contributed by atoms with E-state index in [-0.39, 0.29) is 12.0 Å². The maximum Gasteiger partial charge on any atom is 0.251 e. The molecule has 1 fully saturated rings. The molecule has 1 aliphatic heterocycles. The molecule has 1 aliphatic rings. The van der Waals surface area contributed by atoms with E-state index in [1.165, 1.54) is 0 Å². The Balaban J connectivity index is 1.49. The van der Waals surface area contributed by atoms with Crippen molar-refractivity contribution in [2.24, 2.45) is 4.99 Å². The van der Waals surface area contributed by atoms with Crippen molar-refractivity contribution in [3.8, 4) is 0 Å². The minimum atomic E-state index is -0.0800. The minimum Gasteiger partial charge on any atom is -0.376 e. The van der Waals surface area contributed by atoms with E-state index in [2.05, 4.69) is 20.9 Å². The van der Waals surface area contributed by atoms with Gasteiger partial charge in [-0.2, -0.15) is 0 Å². The predicted octanol–water partition coefficient (Wildman–Crippen LogP) is 3.11. The fraction of sp³-hybridized carbons (Fsp3) is 0.364. The van der Waals surface area contributed by atoms with Gasteiger partial charge < -0.3 is 20.7 Å². The quantitative estimate of drug-likeness (QED) is 0.480. The first-order chi connectivity index (χ1) is 14.2. The van der Waals surface area contributed by atoms with Crippen LogP contribution in [-0.2, 0) is 17.8 Å². The van der Waals surface area contributed by atoms with E-state index < -0.39 is 0 Å². The van der Waals surface area contributed by atoms with Crippen molar-refractivity contribution in [3.05, 3.63) is 70.2 Å². The molecule has 1 saturated heterocycles. The van der Waals surface area contributed by atoms with E-state index in [1.54, 1.807) is 7.05 Å². The van der Waals surface area contributed by atoms with Gasteiger partial charge in [-0.05, 0) is 42.2 Å². The summed E-state index contributed by atoms with van der Waals surface area (Å²) in [6.07, 6.45) is 2.20. The fourth-order valence-electron chi connectivity index (χ4n) is 3.16. The number of carbonyl (C=O) groups is 1. The lowest BCUT2D eigenvalue weighted by Crippen LogP contribution is -2.36. The minimum absolute atomic E-state index is 0.0800. The number of amides is 1. The van der Waals surface area contributed by atoms with Crippen LogP contribution in [0.2, 0.25) is 5.02 Å². The molecular formula is C22H27ClN4O2. The number of aliphatic imine (C=N–C) groups is 1. The van der Waals surface area contributed by atoms with Crippen molar-refractivity contribution in [1.29, 1.82) is 0 Å². The Labute approximate surface area is 176 Å². The van der Waals surface area contributed by atoms with Gasteiger partial charge in [-0.25, -0.2) is 0 Å². The van der Waals surface area contributed by atoms with Crippen LogP contribution in [0.1, 0.15) is 34.3 Å². The molecule has 1 amide bonds. The van der Waals surface area contributed by atoms with E-state index in [9.17, 15) is 4.79 Å². The highest BCUT2D eigenvalue weighted by Crippen LogP contribution is 2.14. The Morgan fingerprint density at radius 2 is 1.97 bits per heavy atom. The molecule has 2 aromatic rings. The van der Waals surface area contributed by atoms with Gasteiger partial charge in [-0.3, -0.25) is 9.79 Å². The standard InChI is InChI=1S/C22H27ClN4O2/c1-24-22(27-14-18-7-2-3-10-20(18)23)26-13-16-6-4-8-17(12-16)21(28)25-15-19-9-5-11-29-19/h2-4,6-8,10,12,19H,5,9,11,13-15H2,1H3,(H,25,28)(H2,24,26,27). The molecule has 1 unspecified atom stereocenters. The molecule has 154 valence electrons. The summed E-state index contributed by atoms with van der Waals surface area (Å²) in [5.74, 6) is 0.585. The summed E-state index contributed by atoms with van der Waals surface area (Å²) in [6.45, 7) is 2.47. The van der Waals surface area contributed by atoms with E-state index in [0.29, 0.717) is 31.2 Å². The van der Waals surface area contributed by atoms with Gasteiger partial charge in [-0.1, -0.05) is 41.9 Å². The molecule has 1 heterocycles. The van der Waals surface area contributed by atoms with Crippen molar-refractivity contribution < 1.29 is 9.53 Å². The molecule has 0 saturated carbocycles.